The molecule has 0 heterocycles. The summed E-state index contributed by atoms with van der Waals surface area (Å²) in [5.41, 5.74) is 0.644. The Morgan fingerprint density at radius 3 is 2.44 bits per heavy atom. The Morgan fingerprint density at radius 2 is 1.88 bits per heavy atom. The highest BCUT2D eigenvalue weighted by molar-refractivity contribution is 5.75. The van der Waals surface area contributed by atoms with E-state index in [0.717, 1.165) is 0 Å². The highest BCUT2D eigenvalue weighted by atomic mass is 19.4. The number of esters is 1. The molecule has 2 nitrogen and oxygen atoms in total. The van der Waals surface area contributed by atoms with Gasteiger partial charge in [0.2, 0.25) is 0 Å². The van der Waals surface area contributed by atoms with E-state index in [1.54, 1.807) is 30.3 Å². The summed E-state index contributed by atoms with van der Waals surface area (Å²) in [4.78, 5) is 10.3. The molecule has 0 N–H and O–H groups in total. The zero-order chi connectivity index (χ0) is 12.0. The normalized spacial score (nSPS) is 10.2. The second-order valence-corrected chi connectivity index (χ2v) is 2.74. The van der Waals surface area contributed by atoms with Gasteiger partial charge in [0.1, 0.15) is 0 Å². The SMILES string of the molecule is O=C(OCC#Cc1ccccc1)C(F)(F)F. The van der Waals surface area contributed by atoms with Crippen molar-refractivity contribution in [3.8, 4) is 11.8 Å². The molecule has 0 saturated heterocycles. The van der Waals surface area contributed by atoms with Crippen LogP contribution in [-0.4, -0.2) is 18.8 Å². The van der Waals surface area contributed by atoms with E-state index in [0.29, 0.717) is 5.56 Å². The van der Waals surface area contributed by atoms with Crippen LogP contribution in [0.3, 0.4) is 0 Å². The van der Waals surface area contributed by atoms with Crippen molar-refractivity contribution in [2.75, 3.05) is 6.61 Å². The van der Waals surface area contributed by atoms with Crippen molar-refractivity contribution in [2.24, 2.45) is 0 Å². The topological polar surface area (TPSA) is 26.3 Å². The van der Waals surface area contributed by atoms with Crippen molar-refractivity contribution in [2.45, 2.75) is 6.18 Å². The van der Waals surface area contributed by atoms with Gasteiger partial charge in [-0.15, -0.1) is 0 Å². The van der Waals surface area contributed by atoms with Gasteiger partial charge < -0.3 is 4.74 Å². The number of benzene rings is 1. The van der Waals surface area contributed by atoms with Gasteiger partial charge in [-0.3, -0.25) is 0 Å². The average molecular weight is 228 g/mol. The summed E-state index contributed by atoms with van der Waals surface area (Å²) >= 11 is 0. The van der Waals surface area contributed by atoms with Crippen molar-refractivity contribution in [1.29, 1.82) is 0 Å². The van der Waals surface area contributed by atoms with Crippen molar-refractivity contribution >= 4 is 5.97 Å². The van der Waals surface area contributed by atoms with Crippen LogP contribution in [0.15, 0.2) is 30.3 Å². The largest absolute Gasteiger partial charge is 0.490 e. The lowest BCUT2D eigenvalue weighted by Gasteiger charge is -2.02. The molecule has 5 heteroatoms. The number of hydrogen-bond donors (Lipinski definition) is 0. The fourth-order valence-electron chi connectivity index (χ4n) is 0.843. The van der Waals surface area contributed by atoms with Gasteiger partial charge in [-0.05, 0) is 12.1 Å². The van der Waals surface area contributed by atoms with Crippen LogP contribution in [0.2, 0.25) is 0 Å². The fraction of sp³-hybridized carbons (Fsp3) is 0.182. The van der Waals surface area contributed by atoms with Gasteiger partial charge in [-0.2, -0.15) is 13.2 Å². The third-order valence-electron chi connectivity index (χ3n) is 1.51. The molecular weight excluding hydrogens is 221 g/mol. The van der Waals surface area contributed by atoms with Crippen LogP contribution in [0, 0.1) is 11.8 Å². The van der Waals surface area contributed by atoms with Crippen LogP contribution < -0.4 is 0 Å². The van der Waals surface area contributed by atoms with E-state index in [-0.39, 0.29) is 0 Å². The molecule has 0 aliphatic carbocycles. The van der Waals surface area contributed by atoms with E-state index in [9.17, 15) is 18.0 Å². The smallest absolute Gasteiger partial charge is 0.446 e. The molecule has 1 aromatic rings. The maximum Gasteiger partial charge on any atom is 0.490 e. The van der Waals surface area contributed by atoms with Crippen LogP contribution >= 0.6 is 0 Å². The summed E-state index contributed by atoms with van der Waals surface area (Å²) in [6.07, 6.45) is -4.96. The first-order chi connectivity index (χ1) is 7.50. The van der Waals surface area contributed by atoms with Crippen molar-refractivity contribution in [3.63, 3.8) is 0 Å². The number of ether oxygens (including phenoxy) is 1. The third kappa shape index (κ3) is 4.05. The average Bonchev–Trinajstić information content (AvgIpc) is 2.24. The number of rotatable bonds is 1. The molecule has 0 aromatic heterocycles. The number of carbonyl (C=O) groups is 1. The summed E-state index contributed by atoms with van der Waals surface area (Å²) in [7, 11) is 0. The molecule has 0 aliphatic rings. The summed E-state index contributed by atoms with van der Waals surface area (Å²) in [6, 6.07) is 8.66. The molecule has 84 valence electrons. The van der Waals surface area contributed by atoms with Crippen molar-refractivity contribution in [1.82, 2.24) is 0 Å². The first-order valence-electron chi connectivity index (χ1n) is 4.28. The Kier molecular flexibility index (Phi) is 3.95. The summed E-state index contributed by atoms with van der Waals surface area (Å²) in [5, 5.41) is 0. The van der Waals surface area contributed by atoms with Crippen LogP contribution in [0.5, 0.6) is 0 Å². The zero-order valence-corrected chi connectivity index (χ0v) is 8.04. The summed E-state index contributed by atoms with van der Waals surface area (Å²) in [6.45, 7) is -0.576. The van der Waals surface area contributed by atoms with E-state index >= 15 is 0 Å². The van der Waals surface area contributed by atoms with E-state index in [4.69, 9.17) is 0 Å². The van der Waals surface area contributed by atoms with Crippen LogP contribution in [0.4, 0.5) is 13.2 Å². The third-order valence-corrected chi connectivity index (χ3v) is 1.51. The van der Waals surface area contributed by atoms with Gasteiger partial charge in [-0.1, -0.05) is 30.0 Å². The van der Waals surface area contributed by atoms with E-state index < -0.39 is 18.8 Å². The molecule has 0 radical (unpaired) electrons. The Labute approximate surface area is 90.0 Å². The predicted molar refractivity (Wildman–Crippen MR) is 50.3 cm³/mol. The predicted octanol–water partition coefficient (Wildman–Crippen LogP) is 2.14. The lowest BCUT2D eigenvalue weighted by molar-refractivity contribution is -0.198. The van der Waals surface area contributed by atoms with Gasteiger partial charge in [0, 0.05) is 5.56 Å². The van der Waals surface area contributed by atoms with Crippen LogP contribution in [0.25, 0.3) is 0 Å². The molecule has 0 saturated carbocycles. The second-order valence-electron chi connectivity index (χ2n) is 2.74. The molecular formula is C11H7F3O2. The zero-order valence-electron chi connectivity index (χ0n) is 8.04. The first kappa shape index (κ1) is 12.1. The molecule has 0 fully saturated rings. The van der Waals surface area contributed by atoms with Crippen molar-refractivity contribution in [3.05, 3.63) is 35.9 Å². The molecule has 0 atom stereocenters. The lowest BCUT2D eigenvalue weighted by atomic mass is 10.2. The van der Waals surface area contributed by atoms with Gasteiger partial charge in [0.15, 0.2) is 6.61 Å². The van der Waals surface area contributed by atoms with Gasteiger partial charge in [0.25, 0.3) is 0 Å². The molecule has 0 aliphatic heterocycles. The van der Waals surface area contributed by atoms with Crippen LogP contribution in [-0.2, 0) is 9.53 Å². The maximum absolute atomic E-state index is 11.7. The number of halogens is 3. The second kappa shape index (κ2) is 5.21. The lowest BCUT2D eigenvalue weighted by Crippen LogP contribution is -2.25. The minimum absolute atomic E-state index is 0.576. The number of carbonyl (C=O) groups excluding carboxylic acids is 1. The molecule has 16 heavy (non-hydrogen) atoms. The Balaban J connectivity index is 2.43. The molecule has 1 rings (SSSR count). The quantitative estimate of drug-likeness (QED) is 0.543. The standard InChI is InChI=1S/C11H7F3O2/c12-11(13,14)10(15)16-8-4-7-9-5-2-1-3-6-9/h1-3,5-6H,8H2. The molecule has 0 amide bonds. The maximum atomic E-state index is 11.7. The van der Waals surface area contributed by atoms with Crippen LogP contribution in [0.1, 0.15) is 5.56 Å². The monoisotopic (exact) mass is 228 g/mol. The van der Waals surface area contributed by atoms with Crippen molar-refractivity contribution < 1.29 is 22.7 Å². The molecule has 0 unspecified atom stereocenters. The molecule has 0 spiro atoms. The highest BCUT2D eigenvalue weighted by Gasteiger charge is 2.40. The first-order valence-corrected chi connectivity index (χ1v) is 4.28. The van der Waals surface area contributed by atoms with E-state index in [2.05, 4.69) is 16.6 Å². The van der Waals surface area contributed by atoms with Gasteiger partial charge in [-0.25, -0.2) is 4.79 Å². The Hall–Kier alpha value is -1.96. The van der Waals surface area contributed by atoms with Gasteiger partial charge >= 0.3 is 12.1 Å². The Morgan fingerprint density at radius 1 is 1.25 bits per heavy atom. The number of hydrogen-bond acceptors (Lipinski definition) is 2. The van der Waals surface area contributed by atoms with E-state index in [1.807, 2.05) is 0 Å². The summed E-state index contributed by atoms with van der Waals surface area (Å²) < 4.78 is 38.9. The minimum atomic E-state index is -4.96. The van der Waals surface area contributed by atoms with Gasteiger partial charge in [0.05, 0.1) is 0 Å². The minimum Gasteiger partial charge on any atom is -0.446 e. The Bertz CT molecular complexity index is 412. The summed E-state index contributed by atoms with van der Waals surface area (Å²) in [5.74, 6) is 2.64. The van der Waals surface area contributed by atoms with E-state index in [1.165, 1.54) is 0 Å². The molecule has 1 aromatic carbocycles. The fourth-order valence-corrected chi connectivity index (χ4v) is 0.843. The number of alkyl halides is 3. The molecule has 0 bridgehead atoms. The highest BCUT2D eigenvalue weighted by Crippen LogP contribution is 2.15.